The Labute approximate surface area is 214 Å². The lowest BCUT2D eigenvalue weighted by molar-refractivity contribution is -0.384. The Morgan fingerprint density at radius 3 is 2.42 bits per heavy atom. The molecule has 2 aromatic carbocycles. The predicted octanol–water partition coefficient (Wildman–Crippen LogP) is 4.30. The Hall–Kier alpha value is -3.73. The van der Waals surface area contributed by atoms with E-state index in [1.165, 1.54) is 36.0 Å². The molecule has 0 bridgehead atoms. The summed E-state index contributed by atoms with van der Waals surface area (Å²) in [6.07, 6.45) is 0. The fourth-order valence-electron chi connectivity index (χ4n) is 3.69. The topological polar surface area (TPSA) is 132 Å². The molecular formula is C25H30N6O4S. The van der Waals surface area contributed by atoms with Crippen LogP contribution in [0.3, 0.4) is 0 Å². The second kappa shape index (κ2) is 12.3. The van der Waals surface area contributed by atoms with E-state index in [0.29, 0.717) is 17.5 Å². The first kappa shape index (κ1) is 26.9. The number of nitro groups is 1. The monoisotopic (exact) mass is 510 g/mol. The third-order valence-electron chi connectivity index (χ3n) is 5.62. The lowest BCUT2D eigenvalue weighted by Gasteiger charge is -2.22. The Balaban J connectivity index is 1.70. The quantitative estimate of drug-likeness (QED) is 0.223. The molecule has 0 unspecified atom stereocenters. The smallest absolute Gasteiger partial charge is 0.270 e. The van der Waals surface area contributed by atoms with Crippen LogP contribution < -0.4 is 10.6 Å². The molecule has 1 aromatic heterocycles. The number of aromatic nitrogens is 3. The van der Waals surface area contributed by atoms with Crippen molar-refractivity contribution < 1.29 is 14.5 Å². The molecule has 11 heteroatoms. The van der Waals surface area contributed by atoms with Crippen LogP contribution in [-0.4, -0.2) is 37.3 Å². The number of carbonyl (C=O) groups is 2. The van der Waals surface area contributed by atoms with E-state index in [4.69, 9.17) is 0 Å². The second-order valence-electron chi connectivity index (χ2n) is 8.58. The molecule has 2 N–H and O–H groups in total. The molecule has 2 atom stereocenters. The third kappa shape index (κ3) is 6.69. The summed E-state index contributed by atoms with van der Waals surface area (Å²) in [6.45, 7) is 8.30. The molecule has 0 radical (unpaired) electrons. The molecule has 0 fully saturated rings. The van der Waals surface area contributed by atoms with E-state index in [0.717, 1.165) is 5.56 Å². The van der Waals surface area contributed by atoms with Crippen LogP contribution in [0, 0.1) is 16.0 Å². The summed E-state index contributed by atoms with van der Waals surface area (Å²) in [4.78, 5) is 36.0. The lowest BCUT2D eigenvalue weighted by Crippen LogP contribution is -2.34. The standard InChI is InChI=1S/C25H30N6O4S/c1-5-30-23(22(16(2)3)27-24(33)19-12-9-13-20(14-19)31(34)35)28-29-25(30)36-15-21(32)26-17(4)18-10-7-6-8-11-18/h6-14,16-17,22H,5,15H2,1-4H3,(H,26,32)(H,27,33)/t17-,22-/m0/s1. The van der Waals surface area contributed by atoms with Crippen molar-refractivity contribution >= 4 is 29.3 Å². The van der Waals surface area contributed by atoms with Gasteiger partial charge >= 0.3 is 0 Å². The number of amides is 2. The summed E-state index contributed by atoms with van der Waals surface area (Å²) in [6, 6.07) is 14.7. The number of nitrogens with zero attached hydrogens (tertiary/aromatic N) is 4. The minimum absolute atomic E-state index is 0.0324. The van der Waals surface area contributed by atoms with Crippen LogP contribution in [0.25, 0.3) is 0 Å². The van der Waals surface area contributed by atoms with Crippen LogP contribution in [0.5, 0.6) is 0 Å². The van der Waals surface area contributed by atoms with Crippen molar-refractivity contribution in [3.63, 3.8) is 0 Å². The summed E-state index contributed by atoms with van der Waals surface area (Å²) in [7, 11) is 0. The zero-order valence-corrected chi connectivity index (χ0v) is 21.5. The van der Waals surface area contributed by atoms with Gasteiger partial charge in [-0.1, -0.05) is 62.0 Å². The molecule has 1 heterocycles. The highest BCUT2D eigenvalue weighted by Crippen LogP contribution is 2.26. The van der Waals surface area contributed by atoms with E-state index in [2.05, 4.69) is 20.8 Å². The highest BCUT2D eigenvalue weighted by atomic mass is 32.2. The summed E-state index contributed by atoms with van der Waals surface area (Å²) in [5.74, 6) is 0.137. The van der Waals surface area contributed by atoms with Gasteiger partial charge in [0.1, 0.15) is 0 Å². The molecule has 0 aliphatic heterocycles. The molecule has 0 aliphatic rings. The molecule has 36 heavy (non-hydrogen) atoms. The SMILES string of the molecule is CCn1c(SCC(=O)N[C@@H](C)c2ccccc2)nnc1[C@@H](NC(=O)c1cccc([N+](=O)[O-])c1)C(C)C. The van der Waals surface area contributed by atoms with Gasteiger partial charge in [0.2, 0.25) is 5.91 Å². The first-order valence-electron chi connectivity index (χ1n) is 11.7. The van der Waals surface area contributed by atoms with Gasteiger partial charge in [-0.05, 0) is 31.4 Å². The van der Waals surface area contributed by atoms with Gasteiger partial charge in [0.05, 0.1) is 22.8 Å². The summed E-state index contributed by atoms with van der Waals surface area (Å²) >= 11 is 1.28. The molecule has 0 saturated heterocycles. The van der Waals surface area contributed by atoms with Crippen LogP contribution in [-0.2, 0) is 11.3 Å². The van der Waals surface area contributed by atoms with Crippen molar-refractivity contribution in [2.24, 2.45) is 5.92 Å². The van der Waals surface area contributed by atoms with E-state index in [1.807, 2.05) is 62.6 Å². The van der Waals surface area contributed by atoms with Crippen LogP contribution in [0.1, 0.15) is 61.5 Å². The number of non-ortho nitro benzene ring substituents is 1. The minimum Gasteiger partial charge on any atom is -0.349 e. The van der Waals surface area contributed by atoms with E-state index in [9.17, 15) is 19.7 Å². The van der Waals surface area contributed by atoms with E-state index in [-0.39, 0.29) is 34.9 Å². The molecule has 0 saturated carbocycles. The fourth-order valence-corrected chi connectivity index (χ4v) is 4.51. The molecule has 2 amide bonds. The molecule has 190 valence electrons. The maximum atomic E-state index is 12.9. The lowest BCUT2D eigenvalue weighted by atomic mass is 10.0. The largest absolute Gasteiger partial charge is 0.349 e. The maximum Gasteiger partial charge on any atom is 0.270 e. The van der Waals surface area contributed by atoms with Crippen molar-refractivity contribution in [1.82, 2.24) is 25.4 Å². The number of hydrogen-bond donors (Lipinski definition) is 2. The molecule has 3 aromatic rings. The van der Waals surface area contributed by atoms with Gasteiger partial charge < -0.3 is 15.2 Å². The van der Waals surface area contributed by atoms with Gasteiger partial charge in [-0.25, -0.2) is 0 Å². The summed E-state index contributed by atoms with van der Waals surface area (Å²) in [5, 5.41) is 26.2. The van der Waals surface area contributed by atoms with Crippen LogP contribution in [0.2, 0.25) is 0 Å². The first-order chi connectivity index (χ1) is 17.2. The Kier molecular flexibility index (Phi) is 9.18. The molecule has 10 nitrogen and oxygen atoms in total. The maximum absolute atomic E-state index is 12.9. The average Bonchev–Trinajstić information content (AvgIpc) is 3.28. The highest BCUT2D eigenvalue weighted by Gasteiger charge is 2.27. The average molecular weight is 511 g/mol. The van der Waals surface area contributed by atoms with Gasteiger partial charge in [-0.2, -0.15) is 0 Å². The number of rotatable bonds is 11. The van der Waals surface area contributed by atoms with Crippen molar-refractivity contribution in [2.45, 2.75) is 51.5 Å². The molecule has 3 rings (SSSR count). The number of benzene rings is 2. The van der Waals surface area contributed by atoms with Gasteiger partial charge in [-0.15, -0.1) is 10.2 Å². The van der Waals surface area contributed by atoms with E-state index >= 15 is 0 Å². The van der Waals surface area contributed by atoms with Crippen molar-refractivity contribution in [3.05, 3.63) is 81.7 Å². The zero-order valence-electron chi connectivity index (χ0n) is 20.7. The van der Waals surface area contributed by atoms with E-state index in [1.54, 1.807) is 0 Å². The van der Waals surface area contributed by atoms with Gasteiger partial charge in [0.25, 0.3) is 11.6 Å². The van der Waals surface area contributed by atoms with Gasteiger partial charge in [-0.3, -0.25) is 19.7 Å². The van der Waals surface area contributed by atoms with Gasteiger partial charge in [0.15, 0.2) is 11.0 Å². The molecule has 0 spiro atoms. The van der Waals surface area contributed by atoms with Crippen LogP contribution in [0.4, 0.5) is 5.69 Å². The molecular weight excluding hydrogens is 480 g/mol. The number of thioether (sulfide) groups is 1. The number of carbonyl (C=O) groups excluding carboxylic acids is 2. The number of nitrogens with one attached hydrogen (secondary N) is 2. The second-order valence-corrected chi connectivity index (χ2v) is 9.52. The Morgan fingerprint density at radius 2 is 1.78 bits per heavy atom. The molecule has 0 aliphatic carbocycles. The van der Waals surface area contributed by atoms with Crippen molar-refractivity contribution in [2.75, 3.05) is 5.75 Å². The Morgan fingerprint density at radius 1 is 1.06 bits per heavy atom. The number of hydrogen-bond acceptors (Lipinski definition) is 7. The normalized spacial score (nSPS) is 12.7. The van der Waals surface area contributed by atoms with Crippen molar-refractivity contribution in [1.29, 1.82) is 0 Å². The highest BCUT2D eigenvalue weighted by molar-refractivity contribution is 7.99. The zero-order chi connectivity index (χ0) is 26.2. The van der Waals surface area contributed by atoms with Gasteiger partial charge in [0, 0.05) is 24.2 Å². The fraction of sp³-hybridized carbons (Fsp3) is 0.360. The van der Waals surface area contributed by atoms with Crippen LogP contribution in [0.15, 0.2) is 59.8 Å². The minimum atomic E-state index is -0.537. The van der Waals surface area contributed by atoms with Crippen LogP contribution >= 0.6 is 11.8 Å². The summed E-state index contributed by atoms with van der Waals surface area (Å²) < 4.78 is 1.87. The number of nitro benzene ring substituents is 1. The van der Waals surface area contributed by atoms with Crippen molar-refractivity contribution in [3.8, 4) is 0 Å². The summed E-state index contributed by atoms with van der Waals surface area (Å²) in [5.41, 5.74) is 1.06. The third-order valence-corrected chi connectivity index (χ3v) is 6.59. The first-order valence-corrected chi connectivity index (χ1v) is 12.6. The predicted molar refractivity (Wildman–Crippen MR) is 138 cm³/mol. The Bertz CT molecular complexity index is 1210. The van der Waals surface area contributed by atoms with E-state index < -0.39 is 16.9 Å².